The molecule has 0 aliphatic heterocycles. The Morgan fingerprint density at radius 1 is 1.16 bits per heavy atom. The third-order valence-electron chi connectivity index (χ3n) is 4.53. The maximum absolute atomic E-state index is 12.4. The van der Waals surface area contributed by atoms with E-state index >= 15 is 0 Å². The fraction of sp³-hybridized carbons (Fsp3) is 0.0526. The fourth-order valence-electron chi connectivity index (χ4n) is 3.09. The molecular formula is C19H11ClN4O8. The summed E-state index contributed by atoms with van der Waals surface area (Å²) in [5, 5.41) is 26.8. The van der Waals surface area contributed by atoms with Gasteiger partial charge in [0, 0.05) is 12.1 Å². The maximum Gasteiger partial charge on any atom is 0.346 e. The van der Waals surface area contributed by atoms with Gasteiger partial charge in [0.25, 0.3) is 5.69 Å². The lowest BCUT2D eigenvalue weighted by molar-refractivity contribution is -0.393. The number of halogens is 1. The molecule has 0 aliphatic rings. The topological polar surface area (TPSA) is 163 Å². The smallest absolute Gasteiger partial charge is 0.346 e. The van der Waals surface area contributed by atoms with Gasteiger partial charge in [-0.1, -0.05) is 11.6 Å². The maximum atomic E-state index is 12.4. The zero-order chi connectivity index (χ0) is 23.0. The number of nitro benzene ring substituents is 2. The van der Waals surface area contributed by atoms with Crippen LogP contribution < -0.4 is 15.8 Å². The van der Waals surface area contributed by atoms with Gasteiger partial charge in [-0.25, -0.2) is 4.79 Å². The first-order valence-electron chi connectivity index (χ1n) is 8.74. The minimum absolute atomic E-state index is 0.0139. The van der Waals surface area contributed by atoms with Gasteiger partial charge < -0.3 is 13.6 Å². The van der Waals surface area contributed by atoms with Crippen molar-refractivity contribution in [3.05, 3.63) is 77.8 Å². The lowest BCUT2D eigenvalue weighted by Crippen LogP contribution is -2.09. The van der Waals surface area contributed by atoms with E-state index in [0.717, 1.165) is 24.4 Å². The highest BCUT2D eigenvalue weighted by Crippen LogP contribution is 2.39. The second kappa shape index (κ2) is 8.00. The highest BCUT2D eigenvalue weighted by molar-refractivity contribution is 6.38. The van der Waals surface area contributed by atoms with Gasteiger partial charge >= 0.3 is 11.3 Å². The van der Waals surface area contributed by atoms with Crippen LogP contribution in [-0.4, -0.2) is 23.2 Å². The van der Waals surface area contributed by atoms with E-state index in [1.807, 2.05) is 0 Å². The largest absolute Gasteiger partial charge is 0.495 e. The van der Waals surface area contributed by atoms with Gasteiger partial charge in [0.05, 0.1) is 56.9 Å². The second-order valence-electron chi connectivity index (χ2n) is 6.32. The summed E-state index contributed by atoms with van der Waals surface area (Å²) in [5.41, 5.74) is 0.834. The Bertz CT molecular complexity index is 1490. The van der Waals surface area contributed by atoms with E-state index in [2.05, 4.69) is 10.5 Å². The summed E-state index contributed by atoms with van der Waals surface area (Å²) in [6, 6.07) is 6.15. The van der Waals surface area contributed by atoms with Crippen molar-refractivity contribution < 1.29 is 23.4 Å². The Hall–Kier alpha value is -4.45. The summed E-state index contributed by atoms with van der Waals surface area (Å²) in [4.78, 5) is 32.9. The Kier molecular flexibility index (Phi) is 5.20. The van der Waals surface area contributed by atoms with E-state index in [-0.39, 0.29) is 21.9 Å². The van der Waals surface area contributed by atoms with Crippen LogP contribution in [-0.2, 0) is 0 Å². The molecule has 2 aromatic heterocycles. The molecule has 0 fully saturated rings. The minimum Gasteiger partial charge on any atom is -0.495 e. The molecule has 0 aliphatic carbocycles. The molecule has 32 heavy (non-hydrogen) atoms. The summed E-state index contributed by atoms with van der Waals surface area (Å²) in [5.74, 6) is 0.327. The second-order valence-corrected chi connectivity index (χ2v) is 6.70. The van der Waals surface area contributed by atoms with E-state index in [1.165, 1.54) is 19.4 Å². The van der Waals surface area contributed by atoms with Crippen LogP contribution in [0.15, 0.2) is 55.3 Å². The Balaban J connectivity index is 1.77. The van der Waals surface area contributed by atoms with Gasteiger partial charge in [-0.3, -0.25) is 25.7 Å². The van der Waals surface area contributed by atoms with Crippen LogP contribution in [0.1, 0.15) is 5.56 Å². The lowest BCUT2D eigenvalue weighted by Gasteiger charge is -2.09. The molecule has 0 amide bonds. The predicted molar refractivity (Wildman–Crippen MR) is 115 cm³/mol. The molecule has 13 heteroatoms. The number of benzene rings is 2. The fourth-order valence-corrected chi connectivity index (χ4v) is 3.40. The van der Waals surface area contributed by atoms with E-state index in [0.29, 0.717) is 22.1 Å². The molecule has 4 rings (SSSR count). The van der Waals surface area contributed by atoms with Crippen molar-refractivity contribution in [1.29, 1.82) is 0 Å². The zero-order valence-corrected chi connectivity index (χ0v) is 16.8. The average molecular weight is 459 g/mol. The SMILES string of the molecule is COc1c2ccoc2cc2oc(=O)c(/C=N/Nc3ccc([N+](=O)[O-])cc3[N+](=O)[O-])c(Cl)c12. The molecule has 12 nitrogen and oxygen atoms in total. The quantitative estimate of drug-likeness (QED) is 0.190. The van der Waals surface area contributed by atoms with Gasteiger partial charge in [-0.05, 0) is 12.1 Å². The molecule has 0 atom stereocenters. The van der Waals surface area contributed by atoms with E-state index in [4.69, 9.17) is 25.2 Å². The van der Waals surface area contributed by atoms with Crippen LogP contribution in [0.5, 0.6) is 5.75 Å². The molecule has 1 N–H and O–H groups in total. The number of nitro groups is 2. The molecule has 2 heterocycles. The van der Waals surface area contributed by atoms with E-state index < -0.39 is 26.8 Å². The third kappa shape index (κ3) is 3.48. The van der Waals surface area contributed by atoms with Crippen molar-refractivity contribution >= 4 is 56.8 Å². The Morgan fingerprint density at radius 3 is 2.62 bits per heavy atom. The van der Waals surface area contributed by atoms with Crippen molar-refractivity contribution in [2.75, 3.05) is 12.5 Å². The number of anilines is 1. The third-order valence-corrected chi connectivity index (χ3v) is 4.92. The van der Waals surface area contributed by atoms with Crippen LogP contribution in [0.2, 0.25) is 5.02 Å². The highest BCUT2D eigenvalue weighted by Gasteiger charge is 2.21. The van der Waals surface area contributed by atoms with Gasteiger partial charge in [0.2, 0.25) is 0 Å². The molecule has 2 aromatic carbocycles. The molecule has 0 spiro atoms. The van der Waals surface area contributed by atoms with Gasteiger partial charge in [0.15, 0.2) is 0 Å². The molecule has 0 saturated heterocycles. The number of nitrogens with zero attached hydrogens (tertiary/aromatic N) is 3. The number of hydrogen-bond acceptors (Lipinski definition) is 10. The van der Waals surface area contributed by atoms with E-state index in [1.54, 1.807) is 6.07 Å². The van der Waals surface area contributed by atoms with Crippen molar-refractivity contribution in [2.24, 2.45) is 5.10 Å². The first-order valence-corrected chi connectivity index (χ1v) is 9.12. The lowest BCUT2D eigenvalue weighted by atomic mass is 10.1. The van der Waals surface area contributed by atoms with Crippen molar-refractivity contribution in [3.8, 4) is 5.75 Å². The highest BCUT2D eigenvalue weighted by atomic mass is 35.5. The predicted octanol–water partition coefficient (Wildman–Crippen LogP) is 4.46. The van der Waals surface area contributed by atoms with Gasteiger partial charge in [-0.2, -0.15) is 5.10 Å². The number of methoxy groups -OCH3 is 1. The number of non-ortho nitro benzene ring substituents is 1. The molecule has 0 radical (unpaired) electrons. The summed E-state index contributed by atoms with van der Waals surface area (Å²) in [6.07, 6.45) is 2.47. The van der Waals surface area contributed by atoms with Crippen LogP contribution >= 0.6 is 11.6 Å². The normalized spacial score (nSPS) is 11.3. The average Bonchev–Trinajstić information content (AvgIpc) is 3.22. The number of rotatable bonds is 6. The van der Waals surface area contributed by atoms with Crippen LogP contribution in [0, 0.1) is 20.2 Å². The number of nitrogens with one attached hydrogen (secondary N) is 1. The number of furan rings is 1. The summed E-state index contributed by atoms with van der Waals surface area (Å²) < 4.78 is 16.1. The van der Waals surface area contributed by atoms with Crippen LogP contribution in [0.3, 0.4) is 0 Å². The molecule has 0 bridgehead atoms. The Labute approximate surface area is 181 Å². The van der Waals surface area contributed by atoms with Gasteiger partial charge in [0.1, 0.15) is 22.6 Å². The monoisotopic (exact) mass is 458 g/mol. The van der Waals surface area contributed by atoms with Crippen LogP contribution in [0.25, 0.3) is 21.9 Å². The standard InChI is InChI=1S/C19H11ClN4O8/c1-30-18-10-4-5-31-14(10)7-15-16(18)17(20)11(19(25)32-15)8-21-22-12-3-2-9(23(26)27)6-13(12)24(28)29/h2-8,22H,1H3/b21-8+. The molecule has 0 saturated carbocycles. The number of hydrogen-bond donors (Lipinski definition) is 1. The summed E-state index contributed by atoms with van der Waals surface area (Å²) in [6.45, 7) is 0. The first-order chi connectivity index (χ1) is 15.3. The molecule has 4 aromatic rings. The Morgan fingerprint density at radius 2 is 1.94 bits per heavy atom. The first kappa shape index (κ1) is 20.8. The molecular weight excluding hydrogens is 448 g/mol. The number of ether oxygens (including phenoxy) is 1. The number of hydrazone groups is 1. The van der Waals surface area contributed by atoms with Crippen molar-refractivity contribution in [1.82, 2.24) is 0 Å². The zero-order valence-electron chi connectivity index (χ0n) is 16.0. The van der Waals surface area contributed by atoms with Crippen LogP contribution in [0.4, 0.5) is 17.1 Å². The van der Waals surface area contributed by atoms with Crippen molar-refractivity contribution in [2.45, 2.75) is 0 Å². The molecule has 0 unspecified atom stereocenters. The van der Waals surface area contributed by atoms with Crippen molar-refractivity contribution in [3.63, 3.8) is 0 Å². The summed E-state index contributed by atoms with van der Waals surface area (Å²) in [7, 11) is 1.42. The van der Waals surface area contributed by atoms with Gasteiger partial charge in [-0.15, -0.1) is 0 Å². The number of fused-ring (bicyclic) bond motifs is 2. The minimum atomic E-state index is -0.820. The summed E-state index contributed by atoms with van der Waals surface area (Å²) >= 11 is 6.44. The van der Waals surface area contributed by atoms with E-state index in [9.17, 15) is 25.0 Å². The molecule has 162 valence electrons.